The maximum atomic E-state index is 12.2. The number of nitrogens with one attached hydrogen (secondary N) is 1. The molecule has 1 unspecified atom stereocenters. The number of rotatable bonds is 2. The van der Waals surface area contributed by atoms with E-state index in [1.54, 1.807) is 17.0 Å². The molecule has 1 atom stereocenters. The first kappa shape index (κ1) is 14.3. The number of urea groups is 1. The first-order chi connectivity index (χ1) is 10.6. The summed E-state index contributed by atoms with van der Waals surface area (Å²) in [4.78, 5) is 14.0. The summed E-state index contributed by atoms with van der Waals surface area (Å²) in [6.07, 6.45) is 0.792. The number of anilines is 1. The molecule has 5 nitrogen and oxygen atoms in total. The van der Waals surface area contributed by atoms with Crippen LogP contribution in [-0.2, 0) is 0 Å². The second kappa shape index (κ2) is 5.97. The topological polar surface area (TPSA) is 72.8 Å². The molecule has 0 bridgehead atoms. The molecular weight excluding hydrogens is 280 g/mol. The normalized spacial score (nSPS) is 17.5. The number of aromatic hydroxyl groups is 2. The van der Waals surface area contributed by atoms with Gasteiger partial charge in [0.15, 0.2) is 0 Å². The van der Waals surface area contributed by atoms with Gasteiger partial charge in [0.25, 0.3) is 0 Å². The number of phenolic OH excluding ortho intramolecular Hbond substituents is 2. The zero-order chi connectivity index (χ0) is 15.5. The third kappa shape index (κ3) is 2.98. The van der Waals surface area contributed by atoms with Crippen molar-refractivity contribution >= 4 is 11.7 Å². The number of carbonyl (C=O) groups excluding carboxylic acids is 1. The highest BCUT2D eigenvalue weighted by Crippen LogP contribution is 2.35. The minimum atomic E-state index is -0.132. The van der Waals surface area contributed by atoms with E-state index >= 15 is 0 Å². The van der Waals surface area contributed by atoms with Gasteiger partial charge >= 0.3 is 6.03 Å². The number of para-hydroxylation sites is 1. The molecule has 3 N–H and O–H groups in total. The van der Waals surface area contributed by atoms with Crippen molar-refractivity contribution < 1.29 is 15.0 Å². The number of amides is 2. The van der Waals surface area contributed by atoms with E-state index in [1.807, 2.05) is 30.3 Å². The first-order valence-electron chi connectivity index (χ1n) is 7.26. The standard InChI is InChI=1S/C17H18N2O3/c20-14-6-7-15(16(21)10-14)12-8-9-19(11-12)17(22)18-13-4-2-1-3-5-13/h1-7,10,12,20-21H,8-9,11H2,(H,18,22). The van der Waals surface area contributed by atoms with E-state index in [-0.39, 0.29) is 23.4 Å². The van der Waals surface area contributed by atoms with Gasteiger partial charge in [0.1, 0.15) is 11.5 Å². The van der Waals surface area contributed by atoms with Gasteiger partial charge in [0, 0.05) is 30.8 Å². The summed E-state index contributed by atoms with van der Waals surface area (Å²) in [5, 5.41) is 22.1. The molecule has 3 rings (SSSR count). The van der Waals surface area contributed by atoms with Crippen LogP contribution in [0.5, 0.6) is 11.5 Å². The molecule has 0 radical (unpaired) electrons. The molecule has 0 aromatic heterocycles. The number of nitrogens with zero attached hydrogens (tertiary/aromatic N) is 1. The van der Waals surface area contributed by atoms with Crippen molar-refractivity contribution in [3.05, 3.63) is 54.1 Å². The molecule has 1 heterocycles. The molecule has 1 aliphatic rings. The summed E-state index contributed by atoms with van der Waals surface area (Å²) in [7, 11) is 0. The lowest BCUT2D eigenvalue weighted by molar-refractivity contribution is 0.222. The third-order valence-electron chi connectivity index (χ3n) is 3.95. The SMILES string of the molecule is O=C(Nc1ccccc1)N1CCC(c2ccc(O)cc2O)C1. The van der Waals surface area contributed by atoms with Crippen LogP contribution in [0.3, 0.4) is 0 Å². The zero-order valence-electron chi connectivity index (χ0n) is 12.1. The lowest BCUT2D eigenvalue weighted by atomic mass is 9.97. The molecule has 0 spiro atoms. The summed E-state index contributed by atoms with van der Waals surface area (Å²) in [6.45, 7) is 1.20. The molecule has 114 valence electrons. The molecule has 0 aliphatic carbocycles. The summed E-state index contributed by atoms with van der Waals surface area (Å²) in [6, 6.07) is 13.8. The van der Waals surface area contributed by atoms with E-state index in [2.05, 4.69) is 5.32 Å². The summed E-state index contributed by atoms with van der Waals surface area (Å²) in [5.74, 6) is 0.204. The van der Waals surface area contributed by atoms with E-state index in [1.165, 1.54) is 6.07 Å². The molecule has 22 heavy (non-hydrogen) atoms. The van der Waals surface area contributed by atoms with Crippen molar-refractivity contribution in [3.63, 3.8) is 0 Å². The van der Waals surface area contributed by atoms with Gasteiger partial charge in [-0.2, -0.15) is 0 Å². The minimum absolute atomic E-state index is 0.0397. The highest BCUT2D eigenvalue weighted by atomic mass is 16.3. The van der Waals surface area contributed by atoms with Gasteiger partial charge in [-0.3, -0.25) is 0 Å². The Morgan fingerprint density at radius 2 is 1.91 bits per heavy atom. The largest absolute Gasteiger partial charge is 0.508 e. The lowest BCUT2D eigenvalue weighted by Gasteiger charge is -2.18. The number of benzene rings is 2. The average molecular weight is 298 g/mol. The Hall–Kier alpha value is -2.69. The number of likely N-dealkylation sites (tertiary alicyclic amines) is 1. The molecule has 1 fully saturated rings. The molecular formula is C17H18N2O3. The highest BCUT2D eigenvalue weighted by molar-refractivity contribution is 5.89. The molecule has 0 saturated carbocycles. The van der Waals surface area contributed by atoms with Crippen LogP contribution in [0.4, 0.5) is 10.5 Å². The van der Waals surface area contributed by atoms with Crippen LogP contribution in [0.15, 0.2) is 48.5 Å². The number of hydrogen-bond acceptors (Lipinski definition) is 3. The Labute approximate surface area is 128 Å². The van der Waals surface area contributed by atoms with Crippen LogP contribution in [0, 0.1) is 0 Å². The van der Waals surface area contributed by atoms with Crippen molar-refractivity contribution in [1.29, 1.82) is 0 Å². The van der Waals surface area contributed by atoms with Crippen LogP contribution < -0.4 is 5.32 Å². The number of phenols is 2. The highest BCUT2D eigenvalue weighted by Gasteiger charge is 2.29. The van der Waals surface area contributed by atoms with Gasteiger partial charge in [-0.25, -0.2) is 4.79 Å². The predicted octanol–water partition coefficient (Wildman–Crippen LogP) is 3.12. The van der Waals surface area contributed by atoms with Gasteiger partial charge in [0.2, 0.25) is 0 Å². The Bertz CT molecular complexity index is 673. The van der Waals surface area contributed by atoms with Crippen molar-refractivity contribution in [3.8, 4) is 11.5 Å². The lowest BCUT2D eigenvalue weighted by Crippen LogP contribution is -2.32. The van der Waals surface area contributed by atoms with Gasteiger partial charge in [0.05, 0.1) is 0 Å². The average Bonchev–Trinajstić information content (AvgIpc) is 2.98. The minimum Gasteiger partial charge on any atom is -0.508 e. The molecule has 1 aliphatic heterocycles. The van der Waals surface area contributed by atoms with Crippen molar-refractivity contribution in [1.82, 2.24) is 4.90 Å². The van der Waals surface area contributed by atoms with E-state index in [0.717, 1.165) is 17.7 Å². The second-order valence-corrected chi connectivity index (χ2v) is 5.47. The maximum Gasteiger partial charge on any atom is 0.321 e. The molecule has 5 heteroatoms. The fourth-order valence-corrected chi connectivity index (χ4v) is 2.80. The maximum absolute atomic E-state index is 12.2. The third-order valence-corrected chi connectivity index (χ3v) is 3.95. The number of hydrogen-bond donors (Lipinski definition) is 3. The number of carbonyl (C=O) groups is 1. The van der Waals surface area contributed by atoms with Crippen LogP contribution in [-0.4, -0.2) is 34.2 Å². The summed E-state index contributed by atoms with van der Waals surface area (Å²) in [5.41, 5.74) is 1.54. The zero-order valence-corrected chi connectivity index (χ0v) is 12.1. The fourth-order valence-electron chi connectivity index (χ4n) is 2.80. The predicted molar refractivity (Wildman–Crippen MR) is 84.2 cm³/mol. The second-order valence-electron chi connectivity index (χ2n) is 5.47. The Balaban J connectivity index is 1.65. The molecule has 2 aromatic carbocycles. The van der Waals surface area contributed by atoms with Crippen LogP contribution in [0.2, 0.25) is 0 Å². The van der Waals surface area contributed by atoms with Crippen LogP contribution in [0.1, 0.15) is 17.9 Å². The monoisotopic (exact) mass is 298 g/mol. The first-order valence-corrected chi connectivity index (χ1v) is 7.26. The van der Waals surface area contributed by atoms with E-state index < -0.39 is 0 Å². The molecule has 2 aromatic rings. The van der Waals surface area contributed by atoms with E-state index in [0.29, 0.717) is 13.1 Å². The fraction of sp³-hybridized carbons (Fsp3) is 0.235. The summed E-state index contributed by atoms with van der Waals surface area (Å²) < 4.78 is 0. The van der Waals surface area contributed by atoms with E-state index in [9.17, 15) is 15.0 Å². The van der Waals surface area contributed by atoms with Gasteiger partial charge in [-0.05, 0) is 30.2 Å². The van der Waals surface area contributed by atoms with Crippen LogP contribution >= 0.6 is 0 Å². The Morgan fingerprint density at radius 3 is 2.64 bits per heavy atom. The Morgan fingerprint density at radius 1 is 1.14 bits per heavy atom. The van der Waals surface area contributed by atoms with Gasteiger partial charge in [-0.1, -0.05) is 24.3 Å². The van der Waals surface area contributed by atoms with E-state index in [4.69, 9.17) is 0 Å². The van der Waals surface area contributed by atoms with Crippen LogP contribution in [0.25, 0.3) is 0 Å². The van der Waals surface area contributed by atoms with Gasteiger partial charge < -0.3 is 20.4 Å². The van der Waals surface area contributed by atoms with Crippen molar-refractivity contribution in [2.24, 2.45) is 0 Å². The van der Waals surface area contributed by atoms with Gasteiger partial charge in [-0.15, -0.1) is 0 Å². The smallest absolute Gasteiger partial charge is 0.321 e. The van der Waals surface area contributed by atoms with Crippen molar-refractivity contribution in [2.45, 2.75) is 12.3 Å². The summed E-state index contributed by atoms with van der Waals surface area (Å²) >= 11 is 0. The Kier molecular flexibility index (Phi) is 3.87. The molecule has 1 saturated heterocycles. The quantitative estimate of drug-likeness (QED) is 0.797. The van der Waals surface area contributed by atoms with Crippen molar-refractivity contribution in [2.75, 3.05) is 18.4 Å². The molecule has 2 amide bonds.